The molecule has 0 radical (unpaired) electrons. The van der Waals surface area contributed by atoms with Crippen LogP contribution in [0.3, 0.4) is 0 Å². The fraction of sp³-hybridized carbons (Fsp3) is 0.524. The number of carbonyl (C=O) groups is 1. The van der Waals surface area contributed by atoms with E-state index in [0.717, 1.165) is 37.6 Å². The summed E-state index contributed by atoms with van der Waals surface area (Å²) in [5, 5.41) is 10.1. The number of amides is 1. The summed E-state index contributed by atoms with van der Waals surface area (Å²) in [7, 11) is -1.29. The molecule has 4 rings (SSSR count). The molecule has 2 aliphatic rings. The van der Waals surface area contributed by atoms with E-state index in [0.29, 0.717) is 29.2 Å². The smallest absolute Gasteiger partial charge is 0.258 e. The Morgan fingerprint density at radius 2 is 1.91 bits per heavy atom. The van der Waals surface area contributed by atoms with Gasteiger partial charge in [-0.3, -0.25) is 9.89 Å². The average Bonchev–Trinajstić information content (AvgIpc) is 3.11. The first-order chi connectivity index (χ1) is 15.0. The van der Waals surface area contributed by atoms with E-state index >= 15 is 0 Å². The Labute approximate surface area is 188 Å². The van der Waals surface area contributed by atoms with E-state index in [9.17, 15) is 13.2 Å². The molecule has 2 aromatic rings. The van der Waals surface area contributed by atoms with Gasteiger partial charge >= 0.3 is 0 Å². The van der Waals surface area contributed by atoms with Crippen molar-refractivity contribution in [1.29, 1.82) is 0 Å². The molecule has 1 fully saturated rings. The largest absolute Gasteiger partial charge is 0.398 e. The Bertz CT molecular complexity index is 1130. The Morgan fingerprint density at radius 3 is 2.53 bits per heavy atom. The molecular weight excluding hydrogens is 430 g/mol. The van der Waals surface area contributed by atoms with Crippen molar-refractivity contribution in [2.24, 2.45) is 0 Å². The number of rotatable bonds is 4. The summed E-state index contributed by atoms with van der Waals surface area (Å²) < 4.78 is 25.7. The molecule has 0 atom stereocenters. The maximum absolute atomic E-state index is 13.0. The molecular formula is C21H31N7O3S. The Morgan fingerprint density at radius 1 is 1.22 bits per heavy atom. The Hall–Kier alpha value is -2.63. The van der Waals surface area contributed by atoms with Crippen molar-refractivity contribution in [2.45, 2.75) is 25.8 Å². The number of fused-ring (bicyclic) bond motifs is 1. The van der Waals surface area contributed by atoms with Gasteiger partial charge in [-0.15, -0.1) is 0 Å². The highest BCUT2D eigenvalue weighted by atomic mass is 32.2. The number of H-pyrrole nitrogens is 1. The minimum Gasteiger partial charge on any atom is -0.398 e. The molecule has 1 aromatic carbocycles. The zero-order chi connectivity index (χ0) is 23.3. The second-order valence-corrected chi connectivity index (χ2v) is 11.3. The summed E-state index contributed by atoms with van der Waals surface area (Å²) in [6, 6.07) is 5.46. The van der Waals surface area contributed by atoms with Gasteiger partial charge < -0.3 is 20.9 Å². The first kappa shape index (κ1) is 22.6. The number of anilines is 3. The molecule has 11 heteroatoms. The average molecular weight is 462 g/mol. The van der Waals surface area contributed by atoms with E-state index < -0.39 is 15.4 Å². The molecule has 3 heterocycles. The number of nitrogens with one attached hydrogen (secondary N) is 2. The molecule has 10 nitrogen and oxygen atoms in total. The normalized spacial score (nSPS) is 19.6. The molecule has 0 saturated carbocycles. The lowest BCUT2D eigenvalue weighted by Gasteiger charge is -2.36. The predicted octanol–water partition coefficient (Wildman–Crippen LogP) is 1.05. The van der Waals surface area contributed by atoms with Crippen molar-refractivity contribution >= 4 is 33.1 Å². The highest BCUT2D eigenvalue weighted by Gasteiger charge is 2.39. The van der Waals surface area contributed by atoms with Gasteiger partial charge in [-0.1, -0.05) is 13.8 Å². The van der Waals surface area contributed by atoms with Crippen molar-refractivity contribution < 1.29 is 13.2 Å². The van der Waals surface area contributed by atoms with Crippen LogP contribution in [0, 0.1) is 0 Å². The van der Waals surface area contributed by atoms with Gasteiger partial charge in [0, 0.05) is 67.3 Å². The van der Waals surface area contributed by atoms with Crippen LogP contribution in [-0.4, -0.2) is 79.8 Å². The van der Waals surface area contributed by atoms with Gasteiger partial charge in [-0.2, -0.15) is 9.40 Å². The topological polar surface area (TPSA) is 128 Å². The van der Waals surface area contributed by atoms with Crippen molar-refractivity contribution in [1.82, 2.24) is 19.4 Å². The van der Waals surface area contributed by atoms with Gasteiger partial charge in [0.15, 0.2) is 5.82 Å². The number of nitrogens with zero attached hydrogens (tertiary/aromatic N) is 4. The summed E-state index contributed by atoms with van der Waals surface area (Å²) in [5.74, 6) is -0.0509. The number of hydrogen-bond donors (Lipinski definition) is 3. The summed E-state index contributed by atoms with van der Waals surface area (Å²) >= 11 is 0. The lowest BCUT2D eigenvalue weighted by Crippen LogP contribution is -2.44. The van der Waals surface area contributed by atoms with Crippen molar-refractivity contribution in [3.63, 3.8) is 0 Å². The fourth-order valence-corrected chi connectivity index (χ4v) is 5.28. The molecule has 0 bridgehead atoms. The number of nitrogens with two attached hydrogens (primary N) is 1. The third-order valence-corrected chi connectivity index (χ3v) is 7.50. The van der Waals surface area contributed by atoms with Gasteiger partial charge in [0.05, 0.1) is 11.8 Å². The van der Waals surface area contributed by atoms with Crippen LogP contribution in [0.4, 0.5) is 17.2 Å². The SMILES string of the molecule is CN1CCN(c2ccc(C(=O)Nc3n[nH]c4c3CN(S(C)(=O)=O)CC4(C)C)c(N)c2)CC1. The van der Waals surface area contributed by atoms with Crippen LogP contribution in [0.25, 0.3) is 0 Å². The van der Waals surface area contributed by atoms with Crippen molar-refractivity contribution in [2.75, 3.05) is 62.0 Å². The van der Waals surface area contributed by atoms with E-state index in [1.807, 2.05) is 26.0 Å². The standard InChI is InChI=1S/C21H31N7O3S/c1-21(2)13-28(32(4,30)31)12-16-18(21)24-25-19(16)23-20(29)15-6-5-14(11-17(15)22)27-9-7-26(3)8-10-27/h5-6,11H,7-10,12-13,22H2,1-4H3,(H2,23,24,25,29). The first-order valence-electron chi connectivity index (χ1n) is 10.6. The van der Waals surface area contributed by atoms with Gasteiger partial charge in [-0.25, -0.2) is 8.42 Å². The third kappa shape index (κ3) is 4.32. The number of hydrogen-bond acceptors (Lipinski definition) is 7. The summed E-state index contributed by atoms with van der Waals surface area (Å²) in [4.78, 5) is 17.5. The third-order valence-electron chi connectivity index (χ3n) is 6.30. The van der Waals surface area contributed by atoms with Crippen molar-refractivity contribution in [3.05, 3.63) is 35.0 Å². The molecule has 0 unspecified atom stereocenters. The fourth-order valence-electron chi connectivity index (χ4n) is 4.36. The van der Waals surface area contributed by atoms with Crippen molar-refractivity contribution in [3.8, 4) is 0 Å². The minimum absolute atomic E-state index is 0.154. The van der Waals surface area contributed by atoms with Gasteiger partial charge in [0.25, 0.3) is 5.91 Å². The number of benzene rings is 1. The second-order valence-electron chi connectivity index (χ2n) is 9.36. The van der Waals surface area contributed by atoms with E-state index in [1.54, 1.807) is 6.07 Å². The van der Waals surface area contributed by atoms with E-state index in [4.69, 9.17) is 5.73 Å². The van der Waals surface area contributed by atoms with Crippen LogP contribution in [0.2, 0.25) is 0 Å². The summed E-state index contributed by atoms with van der Waals surface area (Å²) in [5.41, 5.74) is 9.01. The lowest BCUT2D eigenvalue weighted by atomic mass is 9.84. The van der Waals surface area contributed by atoms with Gasteiger partial charge in [0.2, 0.25) is 10.0 Å². The Balaban J connectivity index is 1.55. The first-order valence-corrected chi connectivity index (χ1v) is 12.5. The second kappa shape index (κ2) is 8.05. The number of carbonyl (C=O) groups excluding carboxylic acids is 1. The molecule has 1 saturated heterocycles. The van der Waals surface area contributed by atoms with E-state index in [2.05, 4.69) is 32.4 Å². The summed E-state index contributed by atoms with van der Waals surface area (Å²) in [6.45, 7) is 8.17. The Kier molecular flexibility index (Phi) is 5.68. The van der Waals surface area contributed by atoms with Crippen LogP contribution in [-0.2, 0) is 22.0 Å². The van der Waals surface area contributed by atoms with E-state index in [1.165, 1.54) is 10.6 Å². The maximum atomic E-state index is 13.0. The molecule has 1 amide bonds. The molecule has 0 aliphatic carbocycles. The number of aromatic nitrogens is 2. The molecule has 174 valence electrons. The number of piperazine rings is 1. The highest BCUT2D eigenvalue weighted by Crippen LogP contribution is 2.36. The van der Waals surface area contributed by atoms with Gasteiger partial charge in [-0.05, 0) is 25.2 Å². The molecule has 32 heavy (non-hydrogen) atoms. The van der Waals surface area contributed by atoms with Crippen LogP contribution in [0.5, 0.6) is 0 Å². The highest BCUT2D eigenvalue weighted by molar-refractivity contribution is 7.88. The molecule has 1 aromatic heterocycles. The quantitative estimate of drug-likeness (QED) is 0.581. The zero-order valence-electron chi connectivity index (χ0n) is 19.0. The number of likely N-dealkylation sites (N-methyl/N-ethyl adjacent to an activating group) is 1. The molecule has 2 aliphatic heterocycles. The molecule has 0 spiro atoms. The monoisotopic (exact) mass is 461 g/mol. The maximum Gasteiger partial charge on any atom is 0.258 e. The predicted molar refractivity (Wildman–Crippen MR) is 125 cm³/mol. The van der Waals surface area contributed by atoms with Crippen LogP contribution < -0.4 is 16.0 Å². The van der Waals surface area contributed by atoms with Crippen LogP contribution >= 0.6 is 0 Å². The minimum atomic E-state index is -3.39. The summed E-state index contributed by atoms with van der Waals surface area (Å²) in [6.07, 6.45) is 1.19. The van der Waals surface area contributed by atoms with E-state index in [-0.39, 0.29) is 12.5 Å². The number of nitrogen functional groups attached to an aromatic ring is 1. The molecule has 4 N–H and O–H groups in total. The van der Waals surface area contributed by atoms with Crippen LogP contribution in [0.15, 0.2) is 18.2 Å². The lowest BCUT2D eigenvalue weighted by molar-refractivity contribution is 0.102. The number of sulfonamides is 1. The zero-order valence-corrected chi connectivity index (χ0v) is 19.8. The number of aromatic amines is 1. The van der Waals surface area contributed by atoms with Gasteiger partial charge in [0.1, 0.15) is 0 Å². The van der Waals surface area contributed by atoms with Crippen LogP contribution in [0.1, 0.15) is 35.5 Å².